The third-order valence-electron chi connectivity index (χ3n) is 2.74. The summed E-state index contributed by atoms with van der Waals surface area (Å²) in [5, 5.41) is 27.5. The molecule has 6 heteroatoms. The predicted octanol–water partition coefficient (Wildman–Crippen LogP) is 1.05. The van der Waals surface area contributed by atoms with Crippen molar-refractivity contribution in [3.8, 4) is 5.75 Å². The highest BCUT2D eigenvalue weighted by Crippen LogP contribution is 2.26. The van der Waals surface area contributed by atoms with Gasteiger partial charge >= 0.3 is 5.97 Å². The van der Waals surface area contributed by atoms with Gasteiger partial charge in [-0.05, 0) is 31.4 Å². The Balaban J connectivity index is 2.48. The number of aliphatic hydroxyl groups is 2. The molecule has 1 aromatic rings. The molecule has 0 heterocycles. The normalized spacial score (nSPS) is 11.1. The van der Waals surface area contributed by atoms with Gasteiger partial charge in [-0.1, -0.05) is 12.1 Å². The van der Waals surface area contributed by atoms with Crippen molar-refractivity contribution >= 4 is 12.3 Å². The van der Waals surface area contributed by atoms with E-state index in [1.807, 2.05) is 0 Å². The van der Waals surface area contributed by atoms with Crippen molar-refractivity contribution in [2.45, 2.75) is 31.5 Å². The number of unbranched alkanes of at least 4 members (excludes halogenated alkanes) is 2. The molecule has 0 bridgehead atoms. The van der Waals surface area contributed by atoms with E-state index in [-0.39, 0.29) is 24.0 Å². The summed E-state index contributed by atoms with van der Waals surface area (Å²) in [6.45, 7) is 0.311. The first-order valence-electron chi connectivity index (χ1n) is 6.32. The number of para-hydroxylation sites is 1. The van der Waals surface area contributed by atoms with E-state index in [9.17, 15) is 19.8 Å². The predicted molar refractivity (Wildman–Crippen MR) is 70.2 cm³/mol. The number of carbonyl (C=O) groups is 2. The molecule has 0 fully saturated rings. The Labute approximate surface area is 116 Å². The molecule has 0 atom stereocenters. The summed E-state index contributed by atoms with van der Waals surface area (Å²) in [7, 11) is 0. The molecule has 0 aromatic heterocycles. The van der Waals surface area contributed by atoms with Gasteiger partial charge in [0.25, 0.3) is 5.79 Å². The van der Waals surface area contributed by atoms with Crippen molar-refractivity contribution in [3.63, 3.8) is 0 Å². The largest absolute Gasteiger partial charge is 0.493 e. The number of hydrogen-bond donors (Lipinski definition) is 3. The van der Waals surface area contributed by atoms with Crippen LogP contribution in [-0.2, 0) is 15.4 Å². The van der Waals surface area contributed by atoms with Gasteiger partial charge in [-0.25, -0.2) is 0 Å². The summed E-state index contributed by atoms with van der Waals surface area (Å²) < 4.78 is 5.41. The lowest BCUT2D eigenvalue weighted by molar-refractivity contribution is -0.173. The van der Waals surface area contributed by atoms with E-state index in [4.69, 9.17) is 9.84 Å². The van der Waals surface area contributed by atoms with Gasteiger partial charge in [0.05, 0.1) is 12.2 Å². The monoisotopic (exact) mass is 282 g/mol. The first-order chi connectivity index (χ1) is 9.47. The van der Waals surface area contributed by atoms with Gasteiger partial charge in [-0.3, -0.25) is 9.59 Å². The van der Waals surface area contributed by atoms with Crippen molar-refractivity contribution in [2.24, 2.45) is 0 Å². The molecule has 0 spiro atoms. The second kappa shape index (κ2) is 7.62. The summed E-state index contributed by atoms with van der Waals surface area (Å²) in [4.78, 5) is 21.0. The number of aliphatic carboxylic acids is 1. The number of carbonyl (C=O) groups excluding carboxylic acids is 1. The van der Waals surface area contributed by atoms with E-state index in [0.29, 0.717) is 25.9 Å². The van der Waals surface area contributed by atoms with Gasteiger partial charge in [-0.2, -0.15) is 0 Å². The van der Waals surface area contributed by atoms with Crippen LogP contribution in [0.2, 0.25) is 0 Å². The minimum absolute atomic E-state index is 0.0134. The smallest absolute Gasteiger partial charge is 0.303 e. The molecule has 1 aromatic carbocycles. The van der Waals surface area contributed by atoms with Crippen molar-refractivity contribution in [2.75, 3.05) is 6.61 Å². The highest BCUT2D eigenvalue weighted by atomic mass is 16.5. The van der Waals surface area contributed by atoms with E-state index in [2.05, 4.69) is 0 Å². The Hall–Kier alpha value is -1.92. The summed E-state index contributed by atoms with van der Waals surface area (Å²) >= 11 is 0. The number of rotatable bonds is 9. The molecule has 0 aliphatic carbocycles. The second-order valence-corrected chi connectivity index (χ2v) is 4.39. The van der Waals surface area contributed by atoms with Crippen molar-refractivity contribution in [1.29, 1.82) is 0 Å². The second-order valence-electron chi connectivity index (χ2n) is 4.39. The fourth-order valence-electron chi connectivity index (χ4n) is 1.70. The van der Waals surface area contributed by atoms with Crippen LogP contribution in [-0.4, -0.2) is 34.2 Å². The van der Waals surface area contributed by atoms with Crippen molar-refractivity contribution < 1.29 is 29.6 Å². The molecular weight excluding hydrogens is 264 g/mol. The molecule has 3 N–H and O–H groups in total. The Morgan fingerprint density at radius 1 is 1.20 bits per heavy atom. The van der Waals surface area contributed by atoms with Crippen LogP contribution in [0, 0.1) is 0 Å². The fraction of sp³-hybridized carbons (Fsp3) is 0.429. The van der Waals surface area contributed by atoms with Gasteiger partial charge in [0.2, 0.25) is 0 Å². The fourth-order valence-corrected chi connectivity index (χ4v) is 1.70. The van der Waals surface area contributed by atoms with Gasteiger partial charge in [0.15, 0.2) is 6.29 Å². The Morgan fingerprint density at radius 2 is 1.90 bits per heavy atom. The number of carboxylic acids is 1. The van der Waals surface area contributed by atoms with Crippen LogP contribution < -0.4 is 4.74 Å². The third-order valence-corrected chi connectivity index (χ3v) is 2.74. The van der Waals surface area contributed by atoms with E-state index in [1.54, 1.807) is 12.1 Å². The first kappa shape index (κ1) is 16.1. The number of ether oxygens (including phenoxy) is 1. The van der Waals surface area contributed by atoms with Crippen LogP contribution in [0.1, 0.15) is 31.2 Å². The molecule has 0 saturated heterocycles. The summed E-state index contributed by atoms with van der Waals surface area (Å²) in [5.74, 6) is -3.17. The number of benzene rings is 1. The van der Waals surface area contributed by atoms with E-state index >= 15 is 0 Å². The van der Waals surface area contributed by atoms with Crippen LogP contribution in [0.3, 0.4) is 0 Å². The third kappa shape index (κ3) is 4.99. The van der Waals surface area contributed by atoms with E-state index < -0.39 is 11.8 Å². The molecule has 110 valence electrons. The van der Waals surface area contributed by atoms with Crippen LogP contribution in [0.25, 0.3) is 0 Å². The maximum Gasteiger partial charge on any atom is 0.303 e. The number of carboxylic acid groups (broad SMARTS) is 1. The molecule has 0 radical (unpaired) electrons. The molecule has 20 heavy (non-hydrogen) atoms. The Morgan fingerprint density at radius 3 is 2.55 bits per heavy atom. The molecule has 0 aliphatic rings. The van der Waals surface area contributed by atoms with Gasteiger partial charge in [0.1, 0.15) is 5.75 Å². The number of hydrogen-bond acceptors (Lipinski definition) is 5. The van der Waals surface area contributed by atoms with Crippen molar-refractivity contribution in [1.82, 2.24) is 0 Å². The number of aldehydes is 1. The highest BCUT2D eigenvalue weighted by molar-refractivity contribution is 5.66. The average molecular weight is 282 g/mol. The highest BCUT2D eigenvalue weighted by Gasteiger charge is 2.28. The zero-order valence-electron chi connectivity index (χ0n) is 11.0. The van der Waals surface area contributed by atoms with Crippen LogP contribution in [0.4, 0.5) is 0 Å². The SMILES string of the molecule is O=CC(O)(O)c1ccccc1OCCCCCC(=O)O. The molecule has 0 saturated carbocycles. The molecule has 0 aliphatic heterocycles. The quantitative estimate of drug-likeness (QED) is 0.355. The van der Waals surface area contributed by atoms with Crippen LogP contribution in [0.15, 0.2) is 24.3 Å². The van der Waals surface area contributed by atoms with E-state index in [0.717, 1.165) is 0 Å². The lowest BCUT2D eigenvalue weighted by Gasteiger charge is -2.18. The van der Waals surface area contributed by atoms with Crippen LogP contribution in [0.5, 0.6) is 5.75 Å². The summed E-state index contributed by atoms with van der Waals surface area (Å²) in [6, 6.07) is 6.16. The Bertz CT molecular complexity index is 455. The van der Waals surface area contributed by atoms with Gasteiger partial charge in [0, 0.05) is 6.42 Å². The molecule has 0 amide bonds. The standard InChI is InChI=1S/C14H18O6/c15-10-14(18,19)11-6-3-4-7-12(11)20-9-5-1-2-8-13(16)17/h3-4,6-7,10,18-19H,1-2,5,8-9H2,(H,16,17). The molecular formula is C14H18O6. The topological polar surface area (TPSA) is 104 Å². The van der Waals surface area contributed by atoms with Crippen LogP contribution >= 0.6 is 0 Å². The minimum Gasteiger partial charge on any atom is -0.493 e. The maximum atomic E-state index is 10.6. The van der Waals surface area contributed by atoms with Gasteiger partial charge in [-0.15, -0.1) is 0 Å². The van der Waals surface area contributed by atoms with Crippen molar-refractivity contribution in [3.05, 3.63) is 29.8 Å². The summed E-state index contributed by atoms with van der Waals surface area (Å²) in [5.41, 5.74) is -0.0134. The first-order valence-corrected chi connectivity index (χ1v) is 6.32. The molecule has 0 unspecified atom stereocenters. The molecule has 1 rings (SSSR count). The van der Waals surface area contributed by atoms with Gasteiger partial charge < -0.3 is 20.1 Å². The zero-order chi connectivity index (χ0) is 15.0. The lowest BCUT2D eigenvalue weighted by Crippen LogP contribution is -2.27. The zero-order valence-corrected chi connectivity index (χ0v) is 11.0. The minimum atomic E-state index is -2.57. The molecule has 6 nitrogen and oxygen atoms in total. The summed E-state index contributed by atoms with van der Waals surface area (Å²) in [6.07, 6.45) is 2.07. The van der Waals surface area contributed by atoms with E-state index in [1.165, 1.54) is 12.1 Å². The lowest BCUT2D eigenvalue weighted by atomic mass is 10.1. The average Bonchev–Trinajstić information content (AvgIpc) is 2.42. The Kier molecular flexibility index (Phi) is 6.14. The maximum absolute atomic E-state index is 10.6.